The van der Waals surface area contributed by atoms with E-state index in [1.807, 2.05) is 12.1 Å². The zero-order chi connectivity index (χ0) is 18.6. The molecule has 8 nitrogen and oxygen atoms in total. The van der Waals surface area contributed by atoms with E-state index in [0.29, 0.717) is 11.1 Å². The Morgan fingerprint density at radius 2 is 1.76 bits per heavy atom. The van der Waals surface area contributed by atoms with Crippen molar-refractivity contribution in [3.8, 4) is 0 Å². The van der Waals surface area contributed by atoms with E-state index in [1.165, 1.54) is 32.8 Å². The summed E-state index contributed by atoms with van der Waals surface area (Å²) in [5.41, 5.74) is -0.0626. The van der Waals surface area contributed by atoms with Gasteiger partial charge < -0.3 is 19.5 Å². The molecule has 134 valence electrons. The van der Waals surface area contributed by atoms with Crippen molar-refractivity contribution in [1.82, 2.24) is 9.88 Å². The zero-order valence-corrected chi connectivity index (χ0v) is 14.5. The van der Waals surface area contributed by atoms with Crippen molar-refractivity contribution in [2.45, 2.75) is 18.9 Å². The second kappa shape index (κ2) is 7.25. The first-order valence-corrected chi connectivity index (χ1v) is 7.48. The van der Waals surface area contributed by atoms with Gasteiger partial charge in [-0.05, 0) is 18.6 Å². The predicted octanol–water partition coefficient (Wildman–Crippen LogP) is 2.09. The maximum Gasteiger partial charge on any atom is 0.418 e. The van der Waals surface area contributed by atoms with Gasteiger partial charge in [-0.15, -0.1) is 0 Å². The van der Waals surface area contributed by atoms with Crippen LogP contribution in [0.15, 0.2) is 30.5 Å². The van der Waals surface area contributed by atoms with Crippen LogP contribution in [0, 0.1) is 0 Å². The molecular formula is C17H20N2O6. The van der Waals surface area contributed by atoms with E-state index in [9.17, 15) is 14.4 Å². The number of carbonyl (C=O) groups is 3. The Bertz CT molecular complexity index is 813. The highest BCUT2D eigenvalue weighted by molar-refractivity contribution is 5.93. The summed E-state index contributed by atoms with van der Waals surface area (Å²) in [6.07, 6.45) is 0.364. The molecule has 0 spiro atoms. The van der Waals surface area contributed by atoms with Crippen LogP contribution in [-0.2, 0) is 25.4 Å². The normalized spacial score (nSPS) is 13.0. The molecule has 2 aromatic rings. The van der Waals surface area contributed by atoms with Crippen molar-refractivity contribution in [3.05, 3.63) is 36.0 Å². The molecule has 0 saturated heterocycles. The summed E-state index contributed by atoms with van der Waals surface area (Å²) in [6.45, 7) is 1.53. The number of para-hydroxylation sites is 1. The van der Waals surface area contributed by atoms with Gasteiger partial charge in [0.05, 0.1) is 26.8 Å². The minimum atomic E-state index is -1.37. The Morgan fingerprint density at radius 3 is 2.36 bits per heavy atom. The number of aromatic nitrogens is 1. The number of methoxy groups -OCH3 is 3. The number of benzene rings is 1. The lowest BCUT2D eigenvalue weighted by molar-refractivity contribution is -0.147. The third kappa shape index (κ3) is 3.57. The summed E-state index contributed by atoms with van der Waals surface area (Å²) in [5.74, 6) is -0.632. The zero-order valence-electron chi connectivity index (χ0n) is 14.5. The number of rotatable bonds is 4. The van der Waals surface area contributed by atoms with Gasteiger partial charge in [0, 0.05) is 18.0 Å². The molecule has 1 aromatic heterocycles. The second-order valence-electron chi connectivity index (χ2n) is 5.63. The quantitative estimate of drug-likeness (QED) is 0.671. The molecule has 1 N–H and O–H groups in total. The number of carbonyl (C=O) groups excluding carboxylic acids is 3. The third-order valence-corrected chi connectivity index (χ3v) is 3.91. The largest absolute Gasteiger partial charge is 0.467 e. The Morgan fingerprint density at radius 1 is 1.08 bits per heavy atom. The minimum Gasteiger partial charge on any atom is -0.467 e. The van der Waals surface area contributed by atoms with E-state index in [4.69, 9.17) is 9.47 Å². The molecule has 0 fully saturated rings. The number of esters is 1. The Kier molecular flexibility index (Phi) is 5.31. The van der Waals surface area contributed by atoms with Crippen LogP contribution in [-0.4, -0.2) is 49.6 Å². The first kappa shape index (κ1) is 18.3. The summed E-state index contributed by atoms with van der Waals surface area (Å²) in [6, 6.07) is 7.19. The number of amides is 1. The number of ether oxygens (including phenoxy) is 3. The number of hydrogen-bond donors (Lipinski definition) is 1. The van der Waals surface area contributed by atoms with Gasteiger partial charge in [0.1, 0.15) is 5.54 Å². The fraction of sp³-hybridized carbons (Fsp3) is 0.353. The van der Waals surface area contributed by atoms with Crippen LogP contribution in [0.2, 0.25) is 0 Å². The summed E-state index contributed by atoms with van der Waals surface area (Å²) >= 11 is 0. The molecule has 0 radical (unpaired) electrons. The molecule has 1 amide bonds. The molecule has 2 rings (SSSR count). The fourth-order valence-corrected chi connectivity index (χ4v) is 2.69. The molecule has 0 aliphatic heterocycles. The van der Waals surface area contributed by atoms with Gasteiger partial charge in [-0.25, -0.2) is 14.4 Å². The van der Waals surface area contributed by atoms with Crippen LogP contribution in [0.25, 0.3) is 10.9 Å². The smallest absolute Gasteiger partial charge is 0.418 e. The molecule has 0 unspecified atom stereocenters. The lowest BCUT2D eigenvalue weighted by Crippen LogP contribution is -2.54. The molecular weight excluding hydrogens is 328 g/mol. The van der Waals surface area contributed by atoms with Crippen molar-refractivity contribution < 1.29 is 28.6 Å². The number of alkyl carbamates (subject to hydrolysis) is 1. The summed E-state index contributed by atoms with van der Waals surface area (Å²) in [7, 11) is 3.72. The maximum absolute atomic E-state index is 12.2. The molecule has 0 saturated carbocycles. The lowest BCUT2D eigenvalue weighted by atomic mass is 9.92. The molecule has 25 heavy (non-hydrogen) atoms. The Hall–Kier alpha value is -3.03. The maximum atomic E-state index is 12.2. The standard InChI is InChI=1S/C17H20N2O6/c1-17(14(20)23-2,18-15(21)24-3)9-11-10-19(16(22)25-4)13-8-6-5-7-12(11)13/h5-8,10H,9H2,1-4H3,(H,18,21)/t17-/m1/s1. The molecule has 1 atom stereocenters. The molecule has 0 aliphatic rings. The number of fused-ring (bicyclic) bond motifs is 1. The second-order valence-corrected chi connectivity index (χ2v) is 5.63. The molecule has 8 heteroatoms. The summed E-state index contributed by atoms with van der Waals surface area (Å²) in [4.78, 5) is 35.9. The molecule has 1 heterocycles. The topological polar surface area (TPSA) is 95.9 Å². The van der Waals surface area contributed by atoms with Gasteiger partial charge in [0.2, 0.25) is 0 Å². The minimum absolute atomic E-state index is 0.0965. The van der Waals surface area contributed by atoms with Crippen LogP contribution >= 0.6 is 0 Å². The van der Waals surface area contributed by atoms with E-state index < -0.39 is 23.7 Å². The van der Waals surface area contributed by atoms with Crippen LogP contribution in [0.3, 0.4) is 0 Å². The van der Waals surface area contributed by atoms with Gasteiger partial charge in [0.15, 0.2) is 0 Å². The monoisotopic (exact) mass is 348 g/mol. The Labute approximate surface area is 144 Å². The van der Waals surface area contributed by atoms with Gasteiger partial charge in [-0.1, -0.05) is 18.2 Å². The lowest BCUT2D eigenvalue weighted by Gasteiger charge is -2.27. The van der Waals surface area contributed by atoms with Gasteiger partial charge in [-0.2, -0.15) is 0 Å². The van der Waals surface area contributed by atoms with Gasteiger partial charge >= 0.3 is 18.2 Å². The predicted molar refractivity (Wildman–Crippen MR) is 89.4 cm³/mol. The average molecular weight is 348 g/mol. The first-order chi connectivity index (χ1) is 11.9. The number of nitrogens with zero attached hydrogens (tertiary/aromatic N) is 1. The SMILES string of the molecule is COC(=O)N[C@](C)(Cc1cn(C(=O)OC)c2ccccc12)C(=O)OC. The van der Waals surface area contributed by atoms with E-state index in [2.05, 4.69) is 10.1 Å². The highest BCUT2D eigenvalue weighted by Crippen LogP contribution is 2.26. The van der Waals surface area contributed by atoms with Crippen molar-refractivity contribution in [2.75, 3.05) is 21.3 Å². The average Bonchev–Trinajstić information content (AvgIpc) is 2.98. The third-order valence-electron chi connectivity index (χ3n) is 3.91. The van der Waals surface area contributed by atoms with Gasteiger partial charge in [0.25, 0.3) is 0 Å². The van der Waals surface area contributed by atoms with Gasteiger partial charge in [-0.3, -0.25) is 4.57 Å². The van der Waals surface area contributed by atoms with Crippen LogP contribution in [0.1, 0.15) is 12.5 Å². The number of hydrogen-bond acceptors (Lipinski definition) is 6. The highest BCUT2D eigenvalue weighted by atomic mass is 16.5. The number of nitrogens with one attached hydrogen (secondary N) is 1. The first-order valence-electron chi connectivity index (χ1n) is 7.48. The molecule has 0 bridgehead atoms. The Balaban J connectivity index is 2.51. The van der Waals surface area contributed by atoms with E-state index >= 15 is 0 Å². The summed E-state index contributed by atoms with van der Waals surface area (Å²) in [5, 5.41) is 3.26. The van der Waals surface area contributed by atoms with Crippen molar-refractivity contribution in [1.29, 1.82) is 0 Å². The van der Waals surface area contributed by atoms with Crippen LogP contribution in [0.5, 0.6) is 0 Å². The van der Waals surface area contributed by atoms with E-state index in [-0.39, 0.29) is 6.42 Å². The van der Waals surface area contributed by atoms with Crippen LogP contribution in [0.4, 0.5) is 9.59 Å². The van der Waals surface area contributed by atoms with Crippen molar-refractivity contribution >= 4 is 29.1 Å². The van der Waals surface area contributed by atoms with E-state index in [1.54, 1.807) is 18.3 Å². The molecule has 0 aliphatic carbocycles. The van der Waals surface area contributed by atoms with E-state index in [0.717, 1.165) is 5.39 Å². The van der Waals surface area contributed by atoms with Crippen molar-refractivity contribution in [2.24, 2.45) is 0 Å². The molecule has 1 aromatic carbocycles. The fourth-order valence-electron chi connectivity index (χ4n) is 2.69. The highest BCUT2D eigenvalue weighted by Gasteiger charge is 2.38. The van der Waals surface area contributed by atoms with Crippen molar-refractivity contribution in [3.63, 3.8) is 0 Å². The van der Waals surface area contributed by atoms with Crippen LogP contribution < -0.4 is 5.32 Å². The summed E-state index contributed by atoms with van der Waals surface area (Å²) < 4.78 is 15.5.